The maximum absolute atomic E-state index is 4.83. The molecule has 120 valence electrons. The average molecular weight is 307 g/mol. The van der Waals surface area contributed by atoms with Gasteiger partial charge in [-0.25, -0.2) is 4.98 Å². The minimum absolute atomic E-state index is 0.211. The first-order valence-corrected chi connectivity index (χ1v) is 8.34. The van der Waals surface area contributed by atoms with Gasteiger partial charge in [-0.15, -0.1) is 0 Å². The molecule has 0 aliphatic rings. The first-order chi connectivity index (χ1) is 11.1. The zero-order chi connectivity index (χ0) is 16.4. The lowest BCUT2D eigenvalue weighted by molar-refractivity contribution is 0.521. The van der Waals surface area contributed by atoms with E-state index in [1.54, 1.807) is 0 Å². The molecule has 3 nitrogen and oxygen atoms in total. The zero-order valence-electron chi connectivity index (χ0n) is 14.4. The summed E-state index contributed by atoms with van der Waals surface area (Å²) in [5, 5.41) is 3.63. The number of nitrogens with one attached hydrogen (secondary N) is 1. The third-order valence-electron chi connectivity index (χ3n) is 4.48. The summed E-state index contributed by atoms with van der Waals surface area (Å²) in [5.74, 6) is 1.11. The van der Waals surface area contributed by atoms with Crippen molar-refractivity contribution in [3.05, 3.63) is 65.0 Å². The lowest BCUT2D eigenvalue weighted by Crippen LogP contribution is -2.22. The largest absolute Gasteiger partial charge is 0.327 e. The Morgan fingerprint density at radius 2 is 1.91 bits per heavy atom. The molecule has 0 aliphatic carbocycles. The zero-order valence-corrected chi connectivity index (χ0v) is 14.4. The molecule has 3 rings (SSSR count). The Hall–Kier alpha value is -2.13. The number of aryl methyl sites for hydroxylation is 3. The Morgan fingerprint density at radius 1 is 1.13 bits per heavy atom. The van der Waals surface area contributed by atoms with Crippen molar-refractivity contribution in [1.82, 2.24) is 14.9 Å². The summed E-state index contributed by atoms with van der Waals surface area (Å²) in [6.45, 7) is 10.5. The van der Waals surface area contributed by atoms with Crippen molar-refractivity contribution in [1.29, 1.82) is 0 Å². The fourth-order valence-electron chi connectivity index (χ4n) is 3.16. The maximum Gasteiger partial charge on any atom is 0.126 e. The number of nitrogens with zero attached hydrogens (tertiary/aromatic N) is 2. The molecular weight excluding hydrogens is 282 g/mol. The molecule has 0 aliphatic heterocycles. The molecule has 3 aromatic rings. The predicted octanol–water partition coefficient (Wildman–Crippen LogP) is 4.52. The van der Waals surface area contributed by atoms with Crippen LogP contribution in [0.2, 0.25) is 0 Å². The first-order valence-electron chi connectivity index (χ1n) is 8.34. The topological polar surface area (TPSA) is 29.9 Å². The molecule has 23 heavy (non-hydrogen) atoms. The van der Waals surface area contributed by atoms with Crippen molar-refractivity contribution in [3.8, 4) is 0 Å². The van der Waals surface area contributed by atoms with E-state index in [1.165, 1.54) is 22.2 Å². The highest BCUT2D eigenvalue weighted by molar-refractivity contribution is 5.76. The van der Waals surface area contributed by atoms with Crippen LogP contribution in [0.25, 0.3) is 11.0 Å². The number of hydrogen-bond acceptors (Lipinski definition) is 2. The van der Waals surface area contributed by atoms with Gasteiger partial charge in [0, 0.05) is 13.1 Å². The molecule has 1 unspecified atom stereocenters. The highest BCUT2D eigenvalue weighted by atomic mass is 15.1. The Balaban J connectivity index is 1.82. The Labute approximate surface area is 138 Å². The number of rotatable bonds is 5. The van der Waals surface area contributed by atoms with Crippen molar-refractivity contribution >= 4 is 11.0 Å². The first kappa shape index (κ1) is 15.8. The van der Waals surface area contributed by atoms with Gasteiger partial charge in [-0.1, -0.05) is 35.9 Å². The molecule has 0 bridgehead atoms. The minimum atomic E-state index is 0.211. The van der Waals surface area contributed by atoms with E-state index in [0.717, 1.165) is 24.4 Å². The van der Waals surface area contributed by atoms with E-state index in [0.29, 0.717) is 0 Å². The SMILES string of the molecule is CCn1c(C(C)NCc2ccc(C)cc2C)nc2ccccc21. The molecule has 1 aromatic heterocycles. The monoisotopic (exact) mass is 307 g/mol. The Bertz CT molecular complexity index is 817. The van der Waals surface area contributed by atoms with Crippen molar-refractivity contribution in [2.45, 2.75) is 46.8 Å². The summed E-state index contributed by atoms with van der Waals surface area (Å²) >= 11 is 0. The predicted molar refractivity (Wildman–Crippen MR) is 96.6 cm³/mol. The van der Waals surface area contributed by atoms with Crippen LogP contribution < -0.4 is 5.32 Å². The number of aromatic nitrogens is 2. The van der Waals surface area contributed by atoms with Crippen molar-refractivity contribution in [3.63, 3.8) is 0 Å². The standard InChI is InChI=1S/C20H25N3/c1-5-23-19-9-7-6-8-18(19)22-20(23)16(4)21-13-17-11-10-14(2)12-15(17)3/h6-12,16,21H,5,13H2,1-4H3. The van der Waals surface area contributed by atoms with E-state index in [4.69, 9.17) is 4.98 Å². The lowest BCUT2D eigenvalue weighted by atomic mass is 10.1. The van der Waals surface area contributed by atoms with Gasteiger partial charge in [0.05, 0.1) is 17.1 Å². The van der Waals surface area contributed by atoms with Crippen LogP contribution in [0.3, 0.4) is 0 Å². The summed E-state index contributed by atoms with van der Waals surface area (Å²) in [5.41, 5.74) is 6.29. The van der Waals surface area contributed by atoms with Crippen LogP contribution in [0.5, 0.6) is 0 Å². The van der Waals surface area contributed by atoms with E-state index < -0.39 is 0 Å². The van der Waals surface area contributed by atoms with Gasteiger partial charge >= 0.3 is 0 Å². The number of imidazole rings is 1. The summed E-state index contributed by atoms with van der Waals surface area (Å²) in [7, 11) is 0. The molecular formula is C20H25N3. The second-order valence-corrected chi connectivity index (χ2v) is 6.24. The van der Waals surface area contributed by atoms with E-state index in [9.17, 15) is 0 Å². The molecule has 1 N–H and O–H groups in total. The smallest absolute Gasteiger partial charge is 0.126 e. The number of fused-ring (bicyclic) bond motifs is 1. The van der Waals surface area contributed by atoms with Crippen LogP contribution in [-0.4, -0.2) is 9.55 Å². The molecule has 2 aromatic carbocycles. The quantitative estimate of drug-likeness (QED) is 0.751. The lowest BCUT2D eigenvalue weighted by Gasteiger charge is -2.16. The van der Waals surface area contributed by atoms with Crippen molar-refractivity contribution in [2.75, 3.05) is 0 Å². The van der Waals surface area contributed by atoms with Gasteiger partial charge in [0.15, 0.2) is 0 Å². The van der Waals surface area contributed by atoms with Gasteiger partial charge in [-0.3, -0.25) is 0 Å². The minimum Gasteiger partial charge on any atom is -0.327 e. The van der Waals surface area contributed by atoms with Gasteiger partial charge in [0.1, 0.15) is 5.82 Å². The van der Waals surface area contributed by atoms with E-state index in [1.807, 2.05) is 6.07 Å². The van der Waals surface area contributed by atoms with Crippen LogP contribution in [0.1, 0.15) is 42.4 Å². The molecule has 0 amide bonds. The number of hydrogen-bond donors (Lipinski definition) is 1. The Kier molecular flexibility index (Phi) is 4.49. The van der Waals surface area contributed by atoms with Gasteiger partial charge < -0.3 is 9.88 Å². The van der Waals surface area contributed by atoms with Crippen LogP contribution >= 0.6 is 0 Å². The summed E-state index contributed by atoms with van der Waals surface area (Å²) < 4.78 is 2.30. The van der Waals surface area contributed by atoms with Crippen LogP contribution in [0.4, 0.5) is 0 Å². The summed E-state index contributed by atoms with van der Waals surface area (Å²) in [6, 6.07) is 15.2. The summed E-state index contributed by atoms with van der Waals surface area (Å²) in [6.07, 6.45) is 0. The second-order valence-electron chi connectivity index (χ2n) is 6.24. The van der Waals surface area contributed by atoms with E-state index in [2.05, 4.69) is 74.0 Å². The van der Waals surface area contributed by atoms with E-state index in [-0.39, 0.29) is 6.04 Å². The second kappa shape index (κ2) is 6.55. The molecule has 0 radical (unpaired) electrons. The van der Waals surface area contributed by atoms with Crippen molar-refractivity contribution in [2.24, 2.45) is 0 Å². The third kappa shape index (κ3) is 3.15. The molecule has 0 saturated carbocycles. The molecule has 3 heteroatoms. The highest BCUT2D eigenvalue weighted by Crippen LogP contribution is 2.21. The van der Waals surface area contributed by atoms with Gasteiger partial charge in [-0.2, -0.15) is 0 Å². The fourth-order valence-corrected chi connectivity index (χ4v) is 3.16. The van der Waals surface area contributed by atoms with Gasteiger partial charge in [-0.05, 0) is 51.0 Å². The maximum atomic E-state index is 4.83. The highest BCUT2D eigenvalue weighted by Gasteiger charge is 2.15. The fraction of sp³-hybridized carbons (Fsp3) is 0.350. The normalized spacial score (nSPS) is 12.7. The van der Waals surface area contributed by atoms with Gasteiger partial charge in [0.2, 0.25) is 0 Å². The molecule has 1 heterocycles. The molecule has 0 saturated heterocycles. The van der Waals surface area contributed by atoms with Crippen LogP contribution in [0, 0.1) is 13.8 Å². The molecule has 0 spiro atoms. The number of benzene rings is 2. The van der Waals surface area contributed by atoms with Crippen LogP contribution in [0.15, 0.2) is 42.5 Å². The third-order valence-corrected chi connectivity index (χ3v) is 4.48. The molecule has 0 fully saturated rings. The van der Waals surface area contributed by atoms with E-state index >= 15 is 0 Å². The molecule has 1 atom stereocenters. The number of para-hydroxylation sites is 2. The van der Waals surface area contributed by atoms with Crippen LogP contribution in [-0.2, 0) is 13.1 Å². The Morgan fingerprint density at radius 3 is 2.65 bits per heavy atom. The van der Waals surface area contributed by atoms with Gasteiger partial charge in [0.25, 0.3) is 0 Å². The summed E-state index contributed by atoms with van der Waals surface area (Å²) in [4.78, 5) is 4.83. The van der Waals surface area contributed by atoms with Crippen molar-refractivity contribution < 1.29 is 0 Å². The average Bonchev–Trinajstić information content (AvgIpc) is 2.92.